The van der Waals surface area contributed by atoms with Crippen molar-refractivity contribution in [3.05, 3.63) is 41.5 Å². The van der Waals surface area contributed by atoms with Crippen LogP contribution in [0.3, 0.4) is 0 Å². The van der Waals surface area contributed by atoms with Crippen LogP contribution < -0.4 is 4.31 Å². The topological polar surface area (TPSA) is 87.6 Å². The smallest absolute Gasteiger partial charge is 0.345 e. The lowest BCUT2D eigenvalue weighted by atomic mass is 10.4. The molecule has 0 aliphatic rings. The highest BCUT2D eigenvalue weighted by atomic mass is 32.2. The molecule has 0 spiro atoms. The zero-order chi connectivity index (χ0) is 14.0. The Morgan fingerprint density at radius 3 is 2.42 bits per heavy atom. The first-order chi connectivity index (χ1) is 8.93. The molecule has 8 heteroatoms. The normalized spacial score (nSPS) is 11.2. The van der Waals surface area contributed by atoms with Gasteiger partial charge in [0.1, 0.15) is 9.09 Å². The molecule has 2 aromatic rings. The summed E-state index contributed by atoms with van der Waals surface area (Å²) in [5.41, 5.74) is 0.459. The second-order valence-corrected chi connectivity index (χ2v) is 6.88. The quantitative estimate of drug-likeness (QED) is 0.927. The summed E-state index contributed by atoms with van der Waals surface area (Å²) in [4.78, 5) is 14.6. The van der Waals surface area contributed by atoms with E-state index in [0.29, 0.717) is 5.69 Å². The lowest BCUT2D eigenvalue weighted by Gasteiger charge is -2.17. The molecular formula is C11H10N2O4S2. The first kappa shape index (κ1) is 13.5. The Hall–Kier alpha value is -1.93. The lowest BCUT2D eigenvalue weighted by Crippen LogP contribution is -2.25. The van der Waals surface area contributed by atoms with Crippen LogP contribution in [0, 0.1) is 0 Å². The molecule has 0 aromatic carbocycles. The molecule has 0 atom stereocenters. The van der Waals surface area contributed by atoms with Gasteiger partial charge in [0, 0.05) is 19.4 Å². The Balaban J connectivity index is 2.39. The number of anilines is 1. The molecule has 2 rings (SSSR count). The zero-order valence-electron chi connectivity index (χ0n) is 9.85. The molecule has 0 saturated carbocycles. The fourth-order valence-electron chi connectivity index (χ4n) is 1.40. The van der Waals surface area contributed by atoms with Crippen molar-refractivity contribution in [3.8, 4) is 0 Å². The summed E-state index contributed by atoms with van der Waals surface area (Å²) < 4.78 is 25.7. The van der Waals surface area contributed by atoms with Crippen LogP contribution in [0.5, 0.6) is 0 Å². The second kappa shape index (κ2) is 4.98. The average molecular weight is 298 g/mol. The fourth-order valence-corrected chi connectivity index (χ4v) is 3.91. The number of aromatic nitrogens is 1. The van der Waals surface area contributed by atoms with E-state index in [1.807, 2.05) is 0 Å². The summed E-state index contributed by atoms with van der Waals surface area (Å²) in [6, 6.07) is 5.69. The molecule has 0 unspecified atom stereocenters. The summed E-state index contributed by atoms with van der Waals surface area (Å²) in [5, 5.41) is 8.81. The van der Waals surface area contributed by atoms with Gasteiger partial charge in [-0.1, -0.05) is 0 Å². The van der Waals surface area contributed by atoms with Crippen molar-refractivity contribution < 1.29 is 18.3 Å². The fraction of sp³-hybridized carbons (Fsp3) is 0.0909. The molecule has 19 heavy (non-hydrogen) atoms. The van der Waals surface area contributed by atoms with Gasteiger partial charge < -0.3 is 5.11 Å². The molecular weight excluding hydrogens is 288 g/mol. The zero-order valence-corrected chi connectivity index (χ0v) is 11.5. The van der Waals surface area contributed by atoms with Crippen molar-refractivity contribution in [1.82, 2.24) is 4.98 Å². The first-order valence-corrected chi connectivity index (χ1v) is 7.40. The molecule has 0 radical (unpaired) electrons. The van der Waals surface area contributed by atoms with E-state index in [-0.39, 0.29) is 9.09 Å². The Morgan fingerprint density at radius 2 is 1.89 bits per heavy atom. The summed E-state index contributed by atoms with van der Waals surface area (Å²) in [6.07, 6.45) is 2.97. The van der Waals surface area contributed by atoms with Gasteiger partial charge in [0.05, 0.1) is 5.69 Å². The van der Waals surface area contributed by atoms with E-state index in [1.165, 1.54) is 31.6 Å². The highest BCUT2D eigenvalue weighted by Gasteiger charge is 2.24. The number of hydrogen-bond acceptors (Lipinski definition) is 5. The third-order valence-electron chi connectivity index (χ3n) is 2.43. The summed E-state index contributed by atoms with van der Waals surface area (Å²) in [7, 11) is -2.34. The van der Waals surface area contributed by atoms with Crippen LogP contribution in [-0.4, -0.2) is 31.5 Å². The highest BCUT2D eigenvalue weighted by Crippen LogP contribution is 2.27. The van der Waals surface area contributed by atoms with E-state index in [1.54, 1.807) is 12.1 Å². The van der Waals surface area contributed by atoms with E-state index in [0.717, 1.165) is 15.6 Å². The number of carboxylic acids is 1. The van der Waals surface area contributed by atoms with Crippen LogP contribution in [0.4, 0.5) is 5.69 Å². The van der Waals surface area contributed by atoms with Crippen molar-refractivity contribution in [2.45, 2.75) is 4.21 Å². The first-order valence-electron chi connectivity index (χ1n) is 5.15. The molecule has 6 nitrogen and oxygen atoms in total. The summed E-state index contributed by atoms with van der Waals surface area (Å²) in [6.45, 7) is 0. The van der Waals surface area contributed by atoms with Crippen LogP contribution >= 0.6 is 11.3 Å². The van der Waals surface area contributed by atoms with Crippen molar-refractivity contribution in [2.24, 2.45) is 0 Å². The third kappa shape index (κ3) is 2.59. The average Bonchev–Trinajstić information content (AvgIpc) is 2.89. The lowest BCUT2D eigenvalue weighted by molar-refractivity contribution is 0.0702. The standard InChI is InChI=1S/C11H10N2O4S2/c1-13(8-4-6-12-7-5-8)19(16,17)10-3-2-9(18-10)11(14)15/h2-7H,1H3,(H,14,15). The SMILES string of the molecule is CN(c1ccncc1)S(=O)(=O)c1ccc(C(=O)O)s1. The highest BCUT2D eigenvalue weighted by molar-refractivity contribution is 7.94. The van der Waals surface area contributed by atoms with Crippen molar-refractivity contribution in [2.75, 3.05) is 11.4 Å². The predicted molar refractivity (Wildman–Crippen MR) is 71.1 cm³/mol. The number of carboxylic acid groups (broad SMARTS) is 1. The summed E-state index contributed by atoms with van der Waals surface area (Å²) in [5.74, 6) is -1.14. The van der Waals surface area contributed by atoms with E-state index >= 15 is 0 Å². The molecule has 0 fully saturated rings. The van der Waals surface area contributed by atoms with Gasteiger partial charge >= 0.3 is 5.97 Å². The van der Waals surface area contributed by atoms with E-state index in [2.05, 4.69) is 4.98 Å². The molecule has 0 bridgehead atoms. The van der Waals surface area contributed by atoms with Gasteiger partial charge in [0.15, 0.2) is 0 Å². The number of sulfonamides is 1. The molecule has 100 valence electrons. The van der Waals surface area contributed by atoms with E-state index in [4.69, 9.17) is 5.11 Å². The van der Waals surface area contributed by atoms with Crippen molar-refractivity contribution in [3.63, 3.8) is 0 Å². The maximum atomic E-state index is 12.3. The van der Waals surface area contributed by atoms with Crippen LogP contribution in [0.15, 0.2) is 40.9 Å². The van der Waals surface area contributed by atoms with Gasteiger partial charge in [-0.15, -0.1) is 11.3 Å². The molecule has 0 saturated heterocycles. The van der Waals surface area contributed by atoms with Crippen molar-refractivity contribution >= 4 is 33.0 Å². The number of pyridine rings is 1. The van der Waals surface area contributed by atoms with Crippen molar-refractivity contribution in [1.29, 1.82) is 0 Å². The van der Waals surface area contributed by atoms with Gasteiger partial charge in [-0.2, -0.15) is 0 Å². The molecule has 0 aliphatic heterocycles. The molecule has 0 aliphatic carbocycles. The second-order valence-electron chi connectivity index (χ2n) is 3.60. The van der Waals surface area contributed by atoms with Crippen LogP contribution in [0.1, 0.15) is 9.67 Å². The minimum absolute atomic E-state index is 0.00999. The number of hydrogen-bond donors (Lipinski definition) is 1. The van der Waals surface area contributed by atoms with Gasteiger partial charge in [-0.3, -0.25) is 9.29 Å². The Kier molecular flexibility index (Phi) is 3.54. The number of rotatable bonds is 4. The number of carbonyl (C=O) groups is 1. The number of thiophene rings is 1. The maximum absolute atomic E-state index is 12.3. The van der Waals surface area contributed by atoms with E-state index in [9.17, 15) is 13.2 Å². The Bertz CT molecular complexity index is 694. The molecule has 0 amide bonds. The Morgan fingerprint density at radius 1 is 1.26 bits per heavy atom. The minimum Gasteiger partial charge on any atom is -0.477 e. The minimum atomic E-state index is -3.74. The maximum Gasteiger partial charge on any atom is 0.345 e. The number of nitrogens with zero attached hydrogens (tertiary/aromatic N) is 2. The van der Waals surface area contributed by atoms with Crippen LogP contribution in [-0.2, 0) is 10.0 Å². The van der Waals surface area contributed by atoms with E-state index < -0.39 is 16.0 Å². The van der Waals surface area contributed by atoms with Gasteiger partial charge in [0.25, 0.3) is 10.0 Å². The monoisotopic (exact) mass is 298 g/mol. The van der Waals surface area contributed by atoms with Gasteiger partial charge in [0.2, 0.25) is 0 Å². The summed E-state index contributed by atoms with van der Waals surface area (Å²) >= 11 is 0.726. The Labute approximate surface area is 114 Å². The van der Waals surface area contributed by atoms with Crippen LogP contribution in [0.2, 0.25) is 0 Å². The van der Waals surface area contributed by atoms with Crippen LogP contribution in [0.25, 0.3) is 0 Å². The predicted octanol–water partition coefficient (Wildman–Crippen LogP) is 1.67. The molecule has 2 aromatic heterocycles. The van der Waals surface area contributed by atoms with Gasteiger partial charge in [-0.25, -0.2) is 13.2 Å². The molecule has 2 heterocycles. The van der Waals surface area contributed by atoms with Gasteiger partial charge in [-0.05, 0) is 24.3 Å². The molecule has 1 N–H and O–H groups in total. The largest absolute Gasteiger partial charge is 0.477 e. The number of aromatic carboxylic acids is 1. The third-order valence-corrected chi connectivity index (χ3v) is 5.76.